The summed E-state index contributed by atoms with van der Waals surface area (Å²) in [5, 5.41) is 3.20. The highest BCUT2D eigenvalue weighted by Crippen LogP contribution is 2.10. The van der Waals surface area contributed by atoms with E-state index in [1.807, 2.05) is 0 Å². The zero-order valence-corrected chi connectivity index (χ0v) is 10.1. The summed E-state index contributed by atoms with van der Waals surface area (Å²) in [4.78, 5) is 0.0943. The Morgan fingerprint density at radius 1 is 1.35 bits per heavy atom. The monoisotopic (exact) mass is 258 g/mol. The molecule has 0 aromatic heterocycles. The van der Waals surface area contributed by atoms with E-state index in [1.54, 1.807) is 0 Å². The summed E-state index contributed by atoms with van der Waals surface area (Å²) < 4.78 is 38.9. The van der Waals surface area contributed by atoms with Crippen LogP contribution in [0.15, 0.2) is 29.2 Å². The maximum Gasteiger partial charge on any atom is 0.240 e. The number of benzene rings is 1. The summed E-state index contributed by atoms with van der Waals surface area (Å²) in [6, 6.07) is 5.01. The van der Waals surface area contributed by atoms with Crippen LogP contribution in [0, 0.1) is 5.82 Å². The molecule has 1 atom stereocenters. The standard InChI is InChI=1S/C11H15FN2O2S/c12-9-3-5-11(6-4-9)17(15,16)14-8-10-2-1-7-13-10/h3-6,10,13-14H,1-2,7-8H2. The van der Waals surface area contributed by atoms with Gasteiger partial charge in [-0.15, -0.1) is 0 Å². The molecule has 1 aliphatic rings. The third-order valence-electron chi connectivity index (χ3n) is 2.81. The van der Waals surface area contributed by atoms with Crippen LogP contribution in [0.25, 0.3) is 0 Å². The molecule has 1 saturated heterocycles. The Morgan fingerprint density at radius 2 is 2.06 bits per heavy atom. The van der Waals surface area contributed by atoms with Gasteiger partial charge in [0, 0.05) is 12.6 Å². The third-order valence-corrected chi connectivity index (χ3v) is 4.25. The first-order chi connectivity index (χ1) is 8.08. The van der Waals surface area contributed by atoms with Crippen molar-refractivity contribution in [3.05, 3.63) is 30.1 Å². The fourth-order valence-electron chi connectivity index (χ4n) is 1.84. The summed E-state index contributed by atoms with van der Waals surface area (Å²) in [6.45, 7) is 1.31. The molecule has 0 amide bonds. The van der Waals surface area contributed by atoms with Crippen molar-refractivity contribution in [1.29, 1.82) is 0 Å². The number of hydrogen-bond donors (Lipinski definition) is 2. The predicted octanol–water partition coefficient (Wildman–Crippen LogP) is 0.856. The Labute approximate surface area is 100 Å². The van der Waals surface area contributed by atoms with Gasteiger partial charge in [0.25, 0.3) is 0 Å². The van der Waals surface area contributed by atoms with Crippen molar-refractivity contribution >= 4 is 10.0 Å². The zero-order chi connectivity index (χ0) is 12.3. The van der Waals surface area contributed by atoms with E-state index in [0.29, 0.717) is 6.54 Å². The summed E-state index contributed by atoms with van der Waals surface area (Å²) >= 11 is 0. The molecule has 0 aliphatic carbocycles. The lowest BCUT2D eigenvalue weighted by molar-refractivity contribution is 0.551. The van der Waals surface area contributed by atoms with Crippen LogP contribution >= 0.6 is 0 Å². The molecule has 6 heteroatoms. The largest absolute Gasteiger partial charge is 0.313 e. The zero-order valence-electron chi connectivity index (χ0n) is 9.32. The summed E-state index contributed by atoms with van der Waals surface area (Å²) in [5.41, 5.74) is 0. The second kappa shape index (κ2) is 5.12. The lowest BCUT2D eigenvalue weighted by atomic mass is 10.2. The van der Waals surface area contributed by atoms with Gasteiger partial charge in [-0.1, -0.05) is 0 Å². The van der Waals surface area contributed by atoms with Crippen molar-refractivity contribution in [3.63, 3.8) is 0 Å². The van der Waals surface area contributed by atoms with Gasteiger partial charge < -0.3 is 5.32 Å². The molecule has 4 nitrogen and oxygen atoms in total. The average molecular weight is 258 g/mol. The van der Waals surface area contributed by atoms with Crippen LogP contribution in [0.1, 0.15) is 12.8 Å². The molecule has 94 valence electrons. The molecular formula is C11H15FN2O2S. The Hall–Kier alpha value is -0.980. The van der Waals surface area contributed by atoms with E-state index in [1.165, 1.54) is 12.1 Å². The fraction of sp³-hybridized carbons (Fsp3) is 0.455. The lowest BCUT2D eigenvalue weighted by Gasteiger charge is -2.11. The highest BCUT2D eigenvalue weighted by Gasteiger charge is 2.18. The van der Waals surface area contributed by atoms with Crippen LogP contribution in [0.3, 0.4) is 0 Å². The Bertz CT molecular complexity index is 467. The maximum absolute atomic E-state index is 12.7. The first-order valence-corrected chi connectivity index (χ1v) is 7.05. The van der Waals surface area contributed by atoms with Gasteiger partial charge in [0.05, 0.1) is 4.90 Å². The molecule has 2 rings (SSSR count). The van der Waals surface area contributed by atoms with Crippen molar-refractivity contribution in [2.45, 2.75) is 23.8 Å². The third kappa shape index (κ3) is 3.24. The van der Waals surface area contributed by atoms with Crippen LogP contribution in [0.2, 0.25) is 0 Å². The highest BCUT2D eigenvalue weighted by molar-refractivity contribution is 7.89. The number of hydrogen-bond acceptors (Lipinski definition) is 3. The number of rotatable bonds is 4. The predicted molar refractivity (Wildman–Crippen MR) is 62.6 cm³/mol. The Kier molecular flexibility index (Phi) is 3.76. The van der Waals surface area contributed by atoms with Crippen molar-refractivity contribution < 1.29 is 12.8 Å². The maximum atomic E-state index is 12.7. The second-order valence-corrected chi connectivity index (χ2v) is 5.87. The molecule has 1 unspecified atom stereocenters. The van der Waals surface area contributed by atoms with E-state index in [4.69, 9.17) is 0 Å². The molecule has 1 heterocycles. The quantitative estimate of drug-likeness (QED) is 0.842. The normalized spacial score (nSPS) is 20.6. The van der Waals surface area contributed by atoms with Gasteiger partial charge in [-0.2, -0.15) is 0 Å². The SMILES string of the molecule is O=S(=O)(NCC1CCCN1)c1ccc(F)cc1. The van der Waals surface area contributed by atoms with Gasteiger partial charge in [-0.3, -0.25) is 0 Å². The fourth-order valence-corrected chi connectivity index (χ4v) is 2.92. The number of nitrogens with one attached hydrogen (secondary N) is 2. The molecule has 1 fully saturated rings. The molecule has 0 bridgehead atoms. The molecule has 17 heavy (non-hydrogen) atoms. The van der Waals surface area contributed by atoms with Crippen molar-refractivity contribution in [1.82, 2.24) is 10.0 Å². The van der Waals surface area contributed by atoms with Crippen LogP contribution in [-0.4, -0.2) is 27.5 Å². The Balaban J connectivity index is 2.00. The molecule has 0 saturated carbocycles. The van der Waals surface area contributed by atoms with E-state index < -0.39 is 15.8 Å². The van der Waals surface area contributed by atoms with E-state index in [-0.39, 0.29) is 10.9 Å². The van der Waals surface area contributed by atoms with Gasteiger partial charge in [0.15, 0.2) is 0 Å². The smallest absolute Gasteiger partial charge is 0.240 e. The lowest BCUT2D eigenvalue weighted by Crippen LogP contribution is -2.37. The number of halogens is 1. The second-order valence-electron chi connectivity index (χ2n) is 4.10. The minimum Gasteiger partial charge on any atom is -0.313 e. The molecule has 1 aromatic rings. The summed E-state index contributed by atoms with van der Waals surface area (Å²) in [6.07, 6.45) is 2.05. The molecule has 2 N–H and O–H groups in total. The van der Waals surface area contributed by atoms with E-state index in [2.05, 4.69) is 10.0 Å². The topological polar surface area (TPSA) is 58.2 Å². The van der Waals surface area contributed by atoms with Gasteiger partial charge in [-0.05, 0) is 43.7 Å². The van der Waals surface area contributed by atoms with E-state index in [0.717, 1.165) is 31.5 Å². The van der Waals surface area contributed by atoms with Crippen LogP contribution in [0.4, 0.5) is 4.39 Å². The van der Waals surface area contributed by atoms with E-state index >= 15 is 0 Å². The summed E-state index contributed by atoms with van der Waals surface area (Å²) in [5.74, 6) is -0.443. The summed E-state index contributed by atoms with van der Waals surface area (Å²) in [7, 11) is -3.52. The van der Waals surface area contributed by atoms with Crippen molar-refractivity contribution in [2.75, 3.05) is 13.1 Å². The molecule has 0 radical (unpaired) electrons. The molecule has 1 aliphatic heterocycles. The van der Waals surface area contributed by atoms with Crippen LogP contribution < -0.4 is 10.0 Å². The molecular weight excluding hydrogens is 243 g/mol. The van der Waals surface area contributed by atoms with Gasteiger partial charge >= 0.3 is 0 Å². The highest BCUT2D eigenvalue weighted by atomic mass is 32.2. The average Bonchev–Trinajstić information content (AvgIpc) is 2.80. The van der Waals surface area contributed by atoms with E-state index in [9.17, 15) is 12.8 Å². The first-order valence-electron chi connectivity index (χ1n) is 5.56. The molecule has 0 spiro atoms. The van der Waals surface area contributed by atoms with Crippen molar-refractivity contribution in [2.24, 2.45) is 0 Å². The minimum absolute atomic E-state index is 0.0943. The Morgan fingerprint density at radius 3 is 2.65 bits per heavy atom. The van der Waals surface area contributed by atoms with Crippen LogP contribution in [0.5, 0.6) is 0 Å². The molecule has 1 aromatic carbocycles. The number of sulfonamides is 1. The van der Waals surface area contributed by atoms with Crippen molar-refractivity contribution in [3.8, 4) is 0 Å². The van der Waals surface area contributed by atoms with Gasteiger partial charge in [-0.25, -0.2) is 17.5 Å². The van der Waals surface area contributed by atoms with Gasteiger partial charge in [0.1, 0.15) is 5.82 Å². The minimum atomic E-state index is -3.52. The van der Waals surface area contributed by atoms with Gasteiger partial charge in [0.2, 0.25) is 10.0 Å². The first kappa shape index (κ1) is 12.5. The van der Waals surface area contributed by atoms with Crippen LogP contribution in [-0.2, 0) is 10.0 Å².